The van der Waals surface area contributed by atoms with Crippen LogP contribution in [0.1, 0.15) is 76.1 Å². The zero-order valence-corrected chi connectivity index (χ0v) is 17.8. The molecule has 0 radical (unpaired) electrons. The molecule has 0 N–H and O–H groups in total. The van der Waals surface area contributed by atoms with Crippen molar-refractivity contribution < 1.29 is 0 Å². The first-order chi connectivity index (χ1) is 13.6. The van der Waals surface area contributed by atoms with Gasteiger partial charge in [0.05, 0.1) is 10.9 Å². The number of aromatic nitrogens is 2. The fraction of sp³-hybridized carbons (Fsp3) is 0.667. The quantitative estimate of drug-likeness (QED) is 0.704. The standard InChI is InChI=1S/C24H35N3O/c1-17-25-22-15-14-20(26(2)3)16-21(22)24(28)27(17)23(18-10-6-4-7-11-18)19-12-8-5-9-13-19/h14-16,18-19,23H,4-13H2,1-3H3. The van der Waals surface area contributed by atoms with Gasteiger partial charge in [0.1, 0.15) is 5.82 Å². The zero-order valence-electron chi connectivity index (χ0n) is 17.8. The van der Waals surface area contributed by atoms with Gasteiger partial charge in [-0.25, -0.2) is 4.98 Å². The first-order valence-corrected chi connectivity index (χ1v) is 11.3. The molecule has 152 valence electrons. The Morgan fingerprint density at radius 3 is 2.07 bits per heavy atom. The van der Waals surface area contributed by atoms with Crippen molar-refractivity contribution >= 4 is 16.6 Å². The van der Waals surface area contributed by atoms with Crippen LogP contribution in [0.5, 0.6) is 0 Å². The molecule has 0 bridgehead atoms. The first-order valence-electron chi connectivity index (χ1n) is 11.3. The first kappa shape index (κ1) is 19.5. The largest absolute Gasteiger partial charge is 0.378 e. The topological polar surface area (TPSA) is 38.1 Å². The molecule has 28 heavy (non-hydrogen) atoms. The second kappa shape index (κ2) is 8.26. The normalized spacial score (nSPS) is 19.4. The van der Waals surface area contributed by atoms with E-state index in [2.05, 4.69) is 15.5 Å². The van der Waals surface area contributed by atoms with Gasteiger partial charge in [0, 0.05) is 25.8 Å². The van der Waals surface area contributed by atoms with Crippen molar-refractivity contribution in [2.24, 2.45) is 11.8 Å². The summed E-state index contributed by atoms with van der Waals surface area (Å²) in [6.07, 6.45) is 13.0. The van der Waals surface area contributed by atoms with Crippen LogP contribution < -0.4 is 10.5 Å². The number of fused-ring (bicyclic) bond motifs is 1. The van der Waals surface area contributed by atoms with Crippen LogP contribution in [0.3, 0.4) is 0 Å². The lowest BCUT2D eigenvalue weighted by Crippen LogP contribution is -2.38. The van der Waals surface area contributed by atoms with Crippen molar-refractivity contribution in [3.05, 3.63) is 34.4 Å². The zero-order chi connectivity index (χ0) is 19.7. The molecule has 2 saturated carbocycles. The average molecular weight is 382 g/mol. The third-order valence-electron chi connectivity index (χ3n) is 7.14. The Balaban J connectivity index is 1.85. The highest BCUT2D eigenvalue weighted by atomic mass is 16.1. The molecule has 4 heteroatoms. The van der Waals surface area contributed by atoms with Crippen LogP contribution in [0.25, 0.3) is 10.9 Å². The van der Waals surface area contributed by atoms with E-state index < -0.39 is 0 Å². The summed E-state index contributed by atoms with van der Waals surface area (Å²) in [5.74, 6) is 2.16. The molecule has 1 aromatic carbocycles. The lowest BCUT2D eigenvalue weighted by atomic mass is 9.73. The average Bonchev–Trinajstić information content (AvgIpc) is 2.72. The van der Waals surface area contributed by atoms with Gasteiger partial charge in [0.25, 0.3) is 5.56 Å². The molecule has 2 aliphatic rings. The van der Waals surface area contributed by atoms with Gasteiger partial charge in [-0.15, -0.1) is 0 Å². The van der Waals surface area contributed by atoms with Gasteiger partial charge in [0.2, 0.25) is 0 Å². The molecule has 0 amide bonds. The van der Waals surface area contributed by atoms with Crippen LogP contribution in [0, 0.1) is 18.8 Å². The predicted molar refractivity (Wildman–Crippen MR) is 117 cm³/mol. The lowest BCUT2D eigenvalue weighted by molar-refractivity contribution is 0.143. The Kier molecular flexibility index (Phi) is 5.75. The van der Waals surface area contributed by atoms with E-state index in [1.165, 1.54) is 64.2 Å². The molecule has 2 fully saturated rings. The number of aryl methyl sites for hydroxylation is 1. The van der Waals surface area contributed by atoms with E-state index in [0.717, 1.165) is 22.4 Å². The van der Waals surface area contributed by atoms with Crippen molar-refractivity contribution in [1.29, 1.82) is 0 Å². The molecule has 4 nitrogen and oxygen atoms in total. The summed E-state index contributed by atoms with van der Waals surface area (Å²) in [5, 5.41) is 0.772. The Morgan fingerprint density at radius 1 is 0.964 bits per heavy atom. The second-order valence-electron chi connectivity index (χ2n) is 9.22. The van der Waals surface area contributed by atoms with E-state index >= 15 is 0 Å². The van der Waals surface area contributed by atoms with Gasteiger partial charge in [-0.2, -0.15) is 0 Å². The summed E-state index contributed by atoms with van der Waals surface area (Å²) in [4.78, 5) is 20.7. The Morgan fingerprint density at radius 2 is 1.54 bits per heavy atom. The van der Waals surface area contributed by atoms with Gasteiger partial charge in [-0.3, -0.25) is 9.36 Å². The monoisotopic (exact) mass is 381 g/mol. The highest BCUT2D eigenvalue weighted by Crippen LogP contribution is 2.42. The molecule has 2 aliphatic carbocycles. The van der Waals surface area contributed by atoms with Gasteiger partial charge in [0.15, 0.2) is 0 Å². The SMILES string of the molecule is Cc1nc2ccc(N(C)C)cc2c(=O)n1C(C1CCCCC1)C1CCCCC1. The predicted octanol–water partition coefficient (Wildman–Crippen LogP) is 5.47. The number of benzene rings is 1. The highest BCUT2D eigenvalue weighted by Gasteiger charge is 2.34. The van der Waals surface area contributed by atoms with E-state index in [9.17, 15) is 4.79 Å². The molecular weight excluding hydrogens is 346 g/mol. The van der Waals surface area contributed by atoms with Crippen molar-refractivity contribution in [2.45, 2.75) is 77.2 Å². The maximum atomic E-state index is 13.8. The van der Waals surface area contributed by atoms with Gasteiger partial charge < -0.3 is 4.90 Å². The van der Waals surface area contributed by atoms with Gasteiger partial charge in [-0.1, -0.05) is 38.5 Å². The Bertz CT molecular complexity index is 855. The Labute approximate surface area is 169 Å². The maximum absolute atomic E-state index is 13.8. The van der Waals surface area contributed by atoms with Gasteiger partial charge in [-0.05, 0) is 62.6 Å². The van der Waals surface area contributed by atoms with Crippen LogP contribution in [0.15, 0.2) is 23.0 Å². The molecule has 1 aromatic heterocycles. The molecule has 4 rings (SSSR count). The van der Waals surface area contributed by atoms with Crippen molar-refractivity contribution in [1.82, 2.24) is 9.55 Å². The highest BCUT2D eigenvalue weighted by molar-refractivity contribution is 5.81. The van der Waals surface area contributed by atoms with Crippen molar-refractivity contribution in [3.8, 4) is 0 Å². The smallest absolute Gasteiger partial charge is 0.261 e. The van der Waals surface area contributed by atoms with Crippen LogP contribution in [-0.2, 0) is 0 Å². The lowest BCUT2D eigenvalue weighted by Gasteiger charge is -2.39. The van der Waals surface area contributed by atoms with Gasteiger partial charge >= 0.3 is 0 Å². The fourth-order valence-electron chi connectivity index (χ4n) is 5.68. The summed E-state index contributed by atoms with van der Waals surface area (Å²) in [6, 6.07) is 6.41. The summed E-state index contributed by atoms with van der Waals surface area (Å²) in [7, 11) is 4.04. The Hall–Kier alpha value is -1.84. The summed E-state index contributed by atoms with van der Waals surface area (Å²) in [5.41, 5.74) is 2.07. The van der Waals surface area contributed by atoms with E-state index in [-0.39, 0.29) is 5.56 Å². The van der Waals surface area contributed by atoms with Crippen LogP contribution in [-0.4, -0.2) is 23.6 Å². The summed E-state index contributed by atoms with van der Waals surface area (Å²) in [6.45, 7) is 2.04. The molecule has 0 unspecified atom stereocenters. The molecule has 0 saturated heterocycles. The number of hydrogen-bond acceptors (Lipinski definition) is 3. The molecule has 1 heterocycles. The molecule has 0 atom stereocenters. The molecule has 2 aromatic rings. The summed E-state index contributed by atoms with van der Waals surface area (Å²) >= 11 is 0. The van der Waals surface area contributed by atoms with Crippen LogP contribution in [0.4, 0.5) is 5.69 Å². The minimum absolute atomic E-state index is 0.173. The third-order valence-corrected chi connectivity index (χ3v) is 7.14. The van der Waals surface area contributed by atoms with E-state index in [1.807, 2.05) is 33.2 Å². The van der Waals surface area contributed by atoms with E-state index in [0.29, 0.717) is 17.9 Å². The number of rotatable bonds is 4. The number of nitrogens with zero attached hydrogens (tertiary/aromatic N) is 3. The molecular formula is C24H35N3O. The van der Waals surface area contributed by atoms with Crippen LogP contribution >= 0.6 is 0 Å². The van der Waals surface area contributed by atoms with Crippen LogP contribution in [0.2, 0.25) is 0 Å². The minimum Gasteiger partial charge on any atom is -0.378 e. The number of anilines is 1. The third kappa shape index (κ3) is 3.70. The summed E-state index contributed by atoms with van der Waals surface area (Å²) < 4.78 is 2.12. The van der Waals surface area contributed by atoms with E-state index in [4.69, 9.17) is 4.98 Å². The van der Waals surface area contributed by atoms with Crippen molar-refractivity contribution in [3.63, 3.8) is 0 Å². The minimum atomic E-state index is 0.173. The number of hydrogen-bond donors (Lipinski definition) is 0. The van der Waals surface area contributed by atoms with E-state index in [1.54, 1.807) is 0 Å². The van der Waals surface area contributed by atoms with Crippen molar-refractivity contribution in [2.75, 3.05) is 19.0 Å². The molecule has 0 spiro atoms. The second-order valence-corrected chi connectivity index (χ2v) is 9.22. The maximum Gasteiger partial charge on any atom is 0.261 e. The molecule has 0 aliphatic heterocycles. The fourth-order valence-corrected chi connectivity index (χ4v) is 5.68.